The molecule has 2 aromatic heterocycles. The number of fused-ring (bicyclic) bond motifs is 1. The normalized spacial score (nSPS) is 26.5. The second-order valence-corrected chi connectivity index (χ2v) is 10.5. The van der Waals surface area contributed by atoms with E-state index in [1.165, 1.54) is 10.6 Å². The number of ether oxygens (including phenoxy) is 1. The Balaban J connectivity index is 1.43. The van der Waals surface area contributed by atoms with Crippen LogP contribution in [0.5, 0.6) is 0 Å². The molecule has 178 valence electrons. The Morgan fingerprint density at radius 3 is 2.48 bits per heavy atom. The maximum atomic E-state index is 14.0. The number of nitrogens with zero attached hydrogens (tertiary/aromatic N) is 3. The Morgan fingerprint density at radius 2 is 1.79 bits per heavy atom. The molecule has 3 fully saturated rings. The van der Waals surface area contributed by atoms with Crippen LogP contribution in [0.15, 0.2) is 21.9 Å². The summed E-state index contributed by atoms with van der Waals surface area (Å²) in [5, 5.41) is 3.27. The van der Waals surface area contributed by atoms with Gasteiger partial charge in [0.1, 0.15) is 11.5 Å². The zero-order chi connectivity index (χ0) is 22.9. The molecule has 1 amide bonds. The number of carbonyl (C=O) groups is 1. The summed E-state index contributed by atoms with van der Waals surface area (Å²) in [6, 6.07) is 0.909. The third-order valence-corrected chi connectivity index (χ3v) is 8.24. The summed E-state index contributed by atoms with van der Waals surface area (Å²) in [4.78, 5) is 43.5. The van der Waals surface area contributed by atoms with Crippen molar-refractivity contribution >= 4 is 28.7 Å². The molecule has 3 aliphatic rings. The molecule has 0 aromatic carbocycles. The molecule has 5 rings (SSSR count). The molecule has 1 atom stereocenters. The molecular weight excluding hydrogens is 447 g/mol. The number of nitrogens with one attached hydrogen (secondary N) is 1. The lowest BCUT2D eigenvalue weighted by Gasteiger charge is -2.32. The fourth-order valence-electron chi connectivity index (χ4n) is 5.34. The topological polar surface area (TPSA) is 95.2 Å². The minimum absolute atomic E-state index is 0.0258. The minimum atomic E-state index is -0.585. The summed E-state index contributed by atoms with van der Waals surface area (Å²) in [5.41, 5.74) is -0.544. The standard InChI is InChI=1S/C23H29FN4O4S/c24-15-11-19-20(25-12-15)27(18-6-9-33-10-7-18)23(31)28(22(19)30)17-3-1-16(2-4-17)26-21(29)14-5-8-32-13-14/h11-12,14,16-18H,1-10,13H2,(H,26,29). The molecule has 0 spiro atoms. The number of aromatic nitrogens is 3. The van der Waals surface area contributed by atoms with Crippen LogP contribution in [0.4, 0.5) is 4.39 Å². The van der Waals surface area contributed by atoms with E-state index in [9.17, 15) is 18.8 Å². The molecule has 33 heavy (non-hydrogen) atoms. The Bertz CT molecular complexity index is 1150. The van der Waals surface area contributed by atoms with Crippen molar-refractivity contribution in [3.63, 3.8) is 0 Å². The van der Waals surface area contributed by atoms with Crippen molar-refractivity contribution in [1.29, 1.82) is 0 Å². The van der Waals surface area contributed by atoms with Gasteiger partial charge in [-0.2, -0.15) is 11.8 Å². The molecular formula is C23H29FN4O4S. The van der Waals surface area contributed by atoms with Crippen molar-refractivity contribution in [2.75, 3.05) is 24.7 Å². The number of amides is 1. The molecule has 1 saturated carbocycles. The largest absolute Gasteiger partial charge is 0.381 e. The highest BCUT2D eigenvalue weighted by molar-refractivity contribution is 7.99. The minimum Gasteiger partial charge on any atom is -0.381 e. The van der Waals surface area contributed by atoms with Crippen molar-refractivity contribution in [3.8, 4) is 0 Å². The van der Waals surface area contributed by atoms with E-state index >= 15 is 0 Å². The van der Waals surface area contributed by atoms with Crippen molar-refractivity contribution in [2.45, 2.75) is 63.1 Å². The number of carbonyl (C=O) groups excluding carboxylic acids is 1. The molecule has 2 saturated heterocycles. The van der Waals surface area contributed by atoms with Crippen LogP contribution >= 0.6 is 11.8 Å². The maximum Gasteiger partial charge on any atom is 0.333 e. The Kier molecular flexibility index (Phi) is 6.56. The highest BCUT2D eigenvalue weighted by Gasteiger charge is 2.31. The Labute approximate surface area is 194 Å². The Morgan fingerprint density at radius 1 is 1.06 bits per heavy atom. The lowest BCUT2D eigenvalue weighted by molar-refractivity contribution is -0.125. The van der Waals surface area contributed by atoms with Crippen molar-refractivity contribution in [2.24, 2.45) is 5.92 Å². The van der Waals surface area contributed by atoms with Crippen LogP contribution in [-0.4, -0.2) is 50.8 Å². The van der Waals surface area contributed by atoms with Gasteiger partial charge in [0.2, 0.25) is 5.91 Å². The third-order valence-electron chi connectivity index (χ3n) is 7.19. The Hall–Kier alpha value is -2.20. The van der Waals surface area contributed by atoms with Crippen LogP contribution < -0.4 is 16.6 Å². The van der Waals surface area contributed by atoms with Crippen molar-refractivity contribution in [1.82, 2.24) is 19.4 Å². The third kappa shape index (κ3) is 4.47. The predicted molar refractivity (Wildman–Crippen MR) is 124 cm³/mol. The van der Waals surface area contributed by atoms with Gasteiger partial charge in [0, 0.05) is 24.7 Å². The van der Waals surface area contributed by atoms with E-state index < -0.39 is 11.4 Å². The zero-order valence-corrected chi connectivity index (χ0v) is 19.3. The number of pyridine rings is 1. The van der Waals surface area contributed by atoms with Crippen LogP contribution in [0.3, 0.4) is 0 Å². The highest BCUT2D eigenvalue weighted by Crippen LogP contribution is 2.30. The van der Waals surface area contributed by atoms with Gasteiger partial charge in [0.15, 0.2) is 0 Å². The van der Waals surface area contributed by atoms with Crippen LogP contribution in [0.2, 0.25) is 0 Å². The first kappa shape index (κ1) is 22.6. The van der Waals surface area contributed by atoms with Crippen molar-refractivity contribution in [3.05, 3.63) is 38.9 Å². The van der Waals surface area contributed by atoms with Gasteiger partial charge < -0.3 is 10.1 Å². The summed E-state index contributed by atoms with van der Waals surface area (Å²) in [7, 11) is 0. The lowest BCUT2D eigenvalue weighted by Crippen LogP contribution is -2.47. The summed E-state index contributed by atoms with van der Waals surface area (Å²) >= 11 is 1.85. The van der Waals surface area contributed by atoms with Gasteiger partial charge in [-0.3, -0.25) is 18.7 Å². The zero-order valence-electron chi connectivity index (χ0n) is 18.5. The smallest absolute Gasteiger partial charge is 0.333 e. The molecule has 8 nitrogen and oxygen atoms in total. The first-order valence-electron chi connectivity index (χ1n) is 11.8. The van der Waals surface area contributed by atoms with E-state index in [1.807, 2.05) is 11.8 Å². The molecule has 0 bridgehead atoms. The predicted octanol–water partition coefficient (Wildman–Crippen LogP) is 2.40. The van der Waals surface area contributed by atoms with Gasteiger partial charge >= 0.3 is 5.69 Å². The van der Waals surface area contributed by atoms with Crippen LogP contribution in [0.25, 0.3) is 11.0 Å². The van der Waals surface area contributed by atoms with Crippen LogP contribution in [0.1, 0.15) is 57.0 Å². The van der Waals surface area contributed by atoms with Gasteiger partial charge in [-0.1, -0.05) is 0 Å². The second kappa shape index (κ2) is 9.58. The first-order chi connectivity index (χ1) is 16.0. The van der Waals surface area contributed by atoms with E-state index in [4.69, 9.17) is 4.74 Å². The van der Waals surface area contributed by atoms with Gasteiger partial charge in [-0.15, -0.1) is 0 Å². The molecule has 10 heteroatoms. The van der Waals surface area contributed by atoms with E-state index in [-0.39, 0.29) is 46.7 Å². The van der Waals surface area contributed by atoms with Gasteiger partial charge in [-0.05, 0) is 62.5 Å². The van der Waals surface area contributed by atoms with Crippen molar-refractivity contribution < 1.29 is 13.9 Å². The SMILES string of the molecule is O=C(NC1CCC(n2c(=O)c3cc(F)cnc3n(C3CCSCC3)c2=O)CC1)C1CCOC1. The van der Waals surface area contributed by atoms with Gasteiger partial charge in [0.25, 0.3) is 5.56 Å². The fraction of sp³-hybridized carbons (Fsp3) is 0.652. The number of thioether (sulfide) groups is 1. The monoisotopic (exact) mass is 476 g/mol. The van der Waals surface area contributed by atoms with E-state index in [1.54, 1.807) is 4.57 Å². The second-order valence-electron chi connectivity index (χ2n) is 9.27. The molecule has 2 aromatic rings. The summed E-state index contributed by atoms with van der Waals surface area (Å²) in [5.74, 6) is 1.23. The summed E-state index contributed by atoms with van der Waals surface area (Å²) < 4.78 is 22.3. The van der Waals surface area contributed by atoms with Gasteiger partial charge in [0.05, 0.1) is 24.1 Å². The number of hydrogen-bond donors (Lipinski definition) is 1. The molecule has 4 heterocycles. The fourth-order valence-corrected chi connectivity index (χ4v) is 6.42. The quantitative estimate of drug-likeness (QED) is 0.728. The molecule has 0 radical (unpaired) electrons. The lowest BCUT2D eigenvalue weighted by atomic mass is 9.90. The number of rotatable bonds is 4. The van der Waals surface area contributed by atoms with Crippen LogP contribution in [-0.2, 0) is 9.53 Å². The molecule has 2 aliphatic heterocycles. The number of halogens is 1. The van der Waals surface area contributed by atoms with E-state index in [0.29, 0.717) is 38.9 Å². The average Bonchev–Trinajstić information content (AvgIpc) is 3.37. The molecule has 1 N–H and O–H groups in total. The summed E-state index contributed by atoms with van der Waals surface area (Å²) in [6.07, 6.45) is 6.05. The highest BCUT2D eigenvalue weighted by atomic mass is 32.2. The van der Waals surface area contributed by atoms with Gasteiger partial charge in [-0.25, -0.2) is 14.2 Å². The van der Waals surface area contributed by atoms with E-state index in [2.05, 4.69) is 10.3 Å². The van der Waals surface area contributed by atoms with E-state index in [0.717, 1.165) is 37.0 Å². The average molecular weight is 477 g/mol. The number of hydrogen-bond acceptors (Lipinski definition) is 6. The van der Waals surface area contributed by atoms with Crippen LogP contribution in [0, 0.1) is 11.7 Å². The summed E-state index contributed by atoms with van der Waals surface area (Å²) in [6.45, 7) is 1.09. The molecule has 1 aliphatic carbocycles. The first-order valence-corrected chi connectivity index (χ1v) is 13.0. The maximum absolute atomic E-state index is 14.0. The molecule has 1 unspecified atom stereocenters.